The van der Waals surface area contributed by atoms with E-state index in [0.717, 1.165) is 34.6 Å². The first-order valence-electron chi connectivity index (χ1n) is 11.7. The molecule has 2 amide bonds. The maximum Gasteiger partial charge on any atom is 0.322 e. The Kier molecular flexibility index (Phi) is 6.99. The van der Waals surface area contributed by atoms with Crippen LogP contribution in [0.4, 0.5) is 4.79 Å². The van der Waals surface area contributed by atoms with Crippen molar-refractivity contribution in [3.63, 3.8) is 0 Å². The lowest BCUT2D eigenvalue weighted by molar-refractivity contribution is -0.141. The summed E-state index contributed by atoms with van der Waals surface area (Å²) in [5, 5.41) is 13.3. The summed E-state index contributed by atoms with van der Waals surface area (Å²) in [6, 6.07) is 5.88. The molecule has 1 aromatic rings. The zero-order chi connectivity index (χ0) is 23.8. The van der Waals surface area contributed by atoms with Crippen LogP contribution in [0.3, 0.4) is 0 Å². The first kappa shape index (κ1) is 24.6. The monoisotopic (exact) mass is 460 g/mol. The van der Waals surface area contributed by atoms with E-state index in [9.17, 15) is 14.7 Å². The lowest BCUT2D eigenvalue weighted by Gasteiger charge is -2.44. The second kappa shape index (κ2) is 9.09. The van der Waals surface area contributed by atoms with Crippen LogP contribution in [0.5, 0.6) is 0 Å². The van der Waals surface area contributed by atoms with Gasteiger partial charge in [0.2, 0.25) is 0 Å². The molecule has 6 heteroatoms. The highest BCUT2D eigenvalue weighted by Crippen LogP contribution is 2.41. The third-order valence-electron chi connectivity index (χ3n) is 6.99. The predicted molar refractivity (Wildman–Crippen MR) is 129 cm³/mol. The second-order valence-corrected chi connectivity index (χ2v) is 11.5. The maximum atomic E-state index is 13.2. The average molecular weight is 461 g/mol. The standard InChI is InChI=1S/C26H37ClN2O3/c1-16(2)21-15-29(20-10-8-18(13-20)23(30)31)24(32)28-26(21,6)19-9-7-17(22(27)14-19)11-12-25(3,4)5/h7,9,14-16,18,20H,8,10-13H2,1-6H3,(H,28,32)(H,30,31)/t18-,20+,26+/m1/s1. The van der Waals surface area contributed by atoms with E-state index < -0.39 is 11.5 Å². The number of carboxylic acid groups (broad SMARTS) is 1. The number of carbonyl (C=O) groups excluding carboxylic acids is 1. The van der Waals surface area contributed by atoms with Crippen molar-refractivity contribution < 1.29 is 14.7 Å². The number of nitrogens with zero attached hydrogens (tertiary/aromatic N) is 1. The number of aryl methyl sites for hydroxylation is 1. The van der Waals surface area contributed by atoms with Gasteiger partial charge in [0.25, 0.3) is 0 Å². The van der Waals surface area contributed by atoms with Gasteiger partial charge in [-0.25, -0.2) is 4.79 Å². The van der Waals surface area contributed by atoms with E-state index >= 15 is 0 Å². The lowest BCUT2D eigenvalue weighted by atomic mass is 9.77. The number of rotatable bonds is 6. The molecule has 1 saturated carbocycles. The molecule has 0 spiro atoms. The third kappa shape index (κ3) is 5.14. The van der Waals surface area contributed by atoms with E-state index in [0.29, 0.717) is 19.3 Å². The van der Waals surface area contributed by atoms with E-state index in [1.54, 1.807) is 4.90 Å². The van der Waals surface area contributed by atoms with Crippen LogP contribution in [0.15, 0.2) is 30.0 Å². The highest BCUT2D eigenvalue weighted by molar-refractivity contribution is 6.31. The summed E-state index contributed by atoms with van der Waals surface area (Å²) in [7, 11) is 0. The van der Waals surface area contributed by atoms with Crippen LogP contribution in [-0.4, -0.2) is 28.0 Å². The Hall–Kier alpha value is -2.01. The Balaban J connectivity index is 1.90. The van der Waals surface area contributed by atoms with Crippen LogP contribution in [-0.2, 0) is 16.8 Å². The number of hydrogen-bond acceptors (Lipinski definition) is 2. The molecular weight excluding hydrogens is 424 g/mol. The Morgan fingerprint density at radius 3 is 2.53 bits per heavy atom. The van der Waals surface area contributed by atoms with Crippen molar-refractivity contribution >= 4 is 23.6 Å². The quantitative estimate of drug-likeness (QED) is 0.519. The summed E-state index contributed by atoms with van der Waals surface area (Å²) in [5.74, 6) is -0.959. The number of halogens is 1. The van der Waals surface area contributed by atoms with Crippen molar-refractivity contribution in [1.29, 1.82) is 0 Å². The van der Waals surface area contributed by atoms with Gasteiger partial charge in [-0.1, -0.05) is 58.4 Å². The molecule has 2 aliphatic rings. The van der Waals surface area contributed by atoms with E-state index in [1.165, 1.54) is 0 Å². The van der Waals surface area contributed by atoms with Gasteiger partial charge in [-0.05, 0) is 73.1 Å². The molecule has 1 aliphatic heterocycles. The Morgan fingerprint density at radius 1 is 1.31 bits per heavy atom. The molecule has 0 unspecified atom stereocenters. The number of carbonyl (C=O) groups is 2. The Labute approximate surface area is 197 Å². The molecule has 0 saturated heterocycles. The molecule has 0 aromatic heterocycles. The van der Waals surface area contributed by atoms with E-state index in [2.05, 4.69) is 52.1 Å². The zero-order valence-electron chi connectivity index (χ0n) is 20.2. The number of carboxylic acids is 1. The number of aliphatic carboxylic acids is 1. The third-order valence-corrected chi connectivity index (χ3v) is 7.34. The average Bonchev–Trinajstić information content (AvgIpc) is 3.16. The molecule has 2 N–H and O–H groups in total. The summed E-state index contributed by atoms with van der Waals surface area (Å²) in [6.07, 6.45) is 5.73. The summed E-state index contributed by atoms with van der Waals surface area (Å²) >= 11 is 6.68. The van der Waals surface area contributed by atoms with Crippen LogP contribution in [0.1, 0.15) is 78.4 Å². The predicted octanol–water partition coefficient (Wildman–Crippen LogP) is 6.35. The van der Waals surface area contributed by atoms with Crippen LogP contribution >= 0.6 is 11.6 Å². The maximum absolute atomic E-state index is 13.2. The highest BCUT2D eigenvalue weighted by atomic mass is 35.5. The highest BCUT2D eigenvalue weighted by Gasteiger charge is 2.43. The first-order valence-corrected chi connectivity index (χ1v) is 12.0. The molecule has 1 aliphatic carbocycles. The molecule has 3 rings (SSSR count). The number of benzene rings is 1. The fraction of sp³-hybridized carbons (Fsp3) is 0.615. The molecule has 176 valence electrons. The molecule has 32 heavy (non-hydrogen) atoms. The second-order valence-electron chi connectivity index (χ2n) is 11.1. The SMILES string of the molecule is CC(C)C1=CN([C@H]2CC[C@@H](C(=O)O)C2)C(=O)N[C@@]1(C)c1ccc(CCC(C)(C)C)c(Cl)c1. The molecular formula is C26H37ClN2O3. The molecule has 5 nitrogen and oxygen atoms in total. The summed E-state index contributed by atoms with van der Waals surface area (Å²) < 4.78 is 0. The van der Waals surface area contributed by atoms with Gasteiger partial charge in [-0.2, -0.15) is 0 Å². The summed E-state index contributed by atoms with van der Waals surface area (Å²) in [4.78, 5) is 26.3. The minimum Gasteiger partial charge on any atom is -0.481 e. The van der Waals surface area contributed by atoms with Gasteiger partial charge < -0.3 is 10.4 Å². The zero-order valence-corrected chi connectivity index (χ0v) is 20.9. The molecule has 1 heterocycles. The number of nitrogens with one attached hydrogen (secondary N) is 1. The van der Waals surface area contributed by atoms with Gasteiger partial charge >= 0.3 is 12.0 Å². The molecule has 3 atom stereocenters. The van der Waals surface area contributed by atoms with Crippen molar-refractivity contribution in [2.24, 2.45) is 17.3 Å². The summed E-state index contributed by atoms with van der Waals surface area (Å²) in [5.41, 5.74) is 2.75. The normalized spacial score (nSPS) is 26.3. The van der Waals surface area contributed by atoms with Crippen molar-refractivity contribution in [3.8, 4) is 0 Å². The van der Waals surface area contributed by atoms with E-state index in [1.807, 2.05) is 19.2 Å². The number of urea groups is 1. The fourth-order valence-electron chi connectivity index (χ4n) is 4.93. The van der Waals surface area contributed by atoms with Gasteiger partial charge in [0, 0.05) is 17.3 Å². The largest absolute Gasteiger partial charge is 0.481 e. The molecule has 0 radical (unpaired) electrons. The number of amides is 2. The Morgan fingerprint density at radius 2 is 2.00 bits per heavy atom. The van der Waals surface area contributed by atoms with Gasteiger partial charge in [-0.15, -0.1) is 0 Å². The molecule has 1 fully saturated rings. The first-order chi connectivity index (χ1) is 14.8. The number of hydrogen-bond donors (Lipinski definition) is 2. The van der Waals surface area contributed by atoms with Crippen LogP contribution < -0.4 is 5.32 Å². The lowest BCUT2D eigenvalue weighted by Crippen LogP contribution is -2.56. The Bertz CT molecular complexity index is 918. The van der Waals surface area contributed by atoms with Crippen LogP contribution in [0.25, 0.3) is 0 Å². The fourth-order valence-corrected chi connectivity index (χ4v) is 5.21. The smallest absolute Gasteiger partial charge is 0.322 e. The van der Waals surface area contributed by atoms with Crippen LogP contribution in [0.2, 0.25) is 5.02 Å². The minimum atomic E-state index is -0.774. The van der Waals surface area contributed by atoms with Gasteiger partial charge in [-0.3, -0.25) is 9.69 Å². The van der Waals surface area contributed by atoms with Crippen molar-refractivity contribution in [1.82, 2.24) is 10.2 Å². The van der Waals surface area contributed by atoms with E-state index in [4.69, 9.17) is 11.6 Å². The van der Waals surface area contributed by atoms with Gasteiger partial charge in [0.05, 0.1) is 11.5 Å². The van der Waals surface area contributed by atoms with Crippen molar-refractivity contribution in [2.45, 2.75) is 85.2 Å². The molecule has 1 aromatic carbocycles. The molecule has 0 bridgehead atoms. The van der Waals surface area contributed by atoms with E-state index in [-0.39, 0.29) is 29.3 Å². The summed E-state index contributed by atoms with van der Waals surface area (Å²) in [6.45, 7) is 12.9. The topological polar surface area (TPSA) is 69.6 Å². The van der Waals surface area contributed by atoms with Crippen molar-refractivity contribution in [2.75, 3.05) is 0 Å². The van der Waals surface area contributed by atoms with Crippen LogP contribution in [0, 0.1) is 17.3 Å². The van der Waals surface area contributed by atoms with Gasteiger partial charge in [0.15, 0.2) is 0 Å². The minimum absolute atomic E-state index is 0.0854. The van der Waals surface area contributed by atoms with Crippen molar-refractivity contribution in [3.05, 3.63) is 46.1 Å². The van der Waals surface area contributed by atoms with Gasteiger partial charge in [0.1, 0.15) is 0 Å².